The maximum atomic E-state index is 11.2. The minimum Gasteiger partial charge on any atom is -0.381 e. The molecule has 0 saturated heterocycles. The summed E-state index contributed by atoms with van der Waals surface area (Å²) in [6.07, 6.45) is 0. The van der Waals surface area contributed by atoms with E-state index in [4.69, 9.17) is 5.14 Å². The van der Waals surface area contributed by atoms with Gasteiger partial charge in [-0.15, -0.1) is 0 Å². The van der Waals surface area contributed by atoms with Crippen LogP contribution in [0.3, 0.4) is 0 Å². The molecule has 0 atom stereocenters. The molecule has 0 radical (unpaired) electrons. The average molecular weight is 347 g/mol. The van der Waals surface area contributed by atoms with E-state index in [2.05, 4.69) is 21.2 Å². The van der Waals surface area contributed by atoms with Crippen molar-refractivity contribution in [2.45, 2.75) is 11.4 Å². The SMILES string of the molecule is NS(=O)(=O)c1cccc(NCc2cscc2Br)c1. The molecule has 1 aromatic carbocycles. The number of benzene rings is 1. The van der Waals surface area contributed by atoms with E-state index in [9.17, 15) is 8.42 Å². The molecule has 18 heavy (non-hydrogen) atoms. The lowest BCUT2D eigenvalue weighted by atomic mass is 10.3. The summed E-state index contributed by atoms with van der Waals surface area (Å²) in [7, 11) is -3.65. The molecule has 0 aliphatic heterocycles. The summed E-state index contributed by atoms with van der Waals surface area (Å²) in [6.45, 7) is 0.623. The number of hydrogen-bond donors (Lipinski definition) is 2. The second-order valence-corrected chi connectivity index (χ2v) is 6.83. The number of nitrogens with two attached hydrogens (primary N) is 1. The predicted molar refractivity (Wildman–Crippen MR) is 77.2 cm³/mol. The van der Waals surface area contributed by atoms with Gasteiger partial charge in [-0.3, -0.25) is 0 Å². The normalized spacial score (nSPS) is 11.4. The highest BCUT2D eigenvalue weighted by Gasteiger charge is 2.08. The van der Waals surface area contributed by atoms with E-state index >= 15 is 0 Å². The summed E-state index contributed by atoms with van der Waals surface area (Å²) in [6, 6.07) is 6.45. The standard InChI is InChI=1S/C11H11BrN2O2S2/c12-11-7-17-6-8(11)5-14-9-2-1-3-10(4-9)18(13,15)16/h1-4,6-7,14H,5H2,(H2,13,15,16). The number of rotatable bonds is 4. The minimum absolute atomic E-state index is 0.108. The van der Waals surface area contributed by atoms with Crippen LogP contribution in [-0.2, 0) is 16.6 Å². The molecule has 2 aromatic rings. The van der Waals surface area contributed by atoms with Gasteiger partial charge in [-0.2, -0.15) is 11.3 Å². The Hall–Kier alpha value is -0.890. The first-order chi connectivity index (χ1) is 8.47. The topological polar surface area (TPSA) is 72.2 Å². The fraction of sp³-hybridized carbons (Fsp3) is 0.0909. The summed E-state index contributed by atoms with van der Waals surface area (Å²) in [5.74, 6) is 0. The molecule has 0 fully saturated rings. The van der Waals surface area contributed by atoms with Crippen molar-refractivity contribution >= 4 is 43.0 Å². The molecule has 0 aliphatic rings. The summed E-state index contributed by atoms with van der Waals surface area (Å²) < 4.78 is 23.5. The zero-order valence-electron chi connectivity index (χ0n) is 9.26. The second-order valence-electron chi connectivity index (χ2n) is 3.67. The van der Waals surface area contributed by atoms with E-state index in [-0.39, 0.29) is 4.90 Å². The third-order valence-corrected chi connectivity index (χ3v) is 5.08. The van der Waals surface area contributed by atoms with Gasteiger partial charge in [0.2, 0.25) is 10.0 Å². The Morgan fingerprint density at radius 3 is 2.72 bits per heavy atom. The van der Waals surface area contributed by atoms with Gasteiger partial charge in [0.1, 0.15) is 0 Å². The fourth-order valence-electron chi connectivity index (χ4n) is 1.41. The molecule has 0 aliphatic carbocycles. The van der Waals surface area contributed by atoms with Gasteiger partial charge in [-0.25, -0.2) is 13.6 Å². The number of thiophene rings is 1. The molecule has 0 bridgehead atoms. The monoisotopic (exact) mass is 346 g/mol. The van der Waals surface area contributed by atoms with E-state index in [1.165, 1.54) is 12.1 Å². The quantitative estimate of drug-likeness (QED) is 0.893. The van der Waals surface area contributed by atoms with Crippen LogP contribution in [0.2, 0.25) is 0 Å². The Morgan fingerprint density at radius 1 is 1.33 bits per heavy atom. The largest absolute Gasteiger partial charge is 0.381 e. The zero-order valence-corrected chi connectivity index (χ0v) is 12.5. The maximum Gasteiger partial charge on any atom is 0.238 e. The molecule has 0 amide bonds. The molecule has 0 unspecified atom stereocenters. The third-order valence-electron chi connectivity index (χ3n) is 2.33. The van der Waals surface area contributed by atoms with E-state index in [0.29, 0.717) is 6.54 Å². The van der Waals surface area contributed by atoms with Gasteiger partial charge in [-0.05, 0) is 45.1 Å². The fourth-order valence-corrected chi connectivity index (χ4v) is 3.42. The van der Waals surface area contributed by atoms with Gasteiger partial charge < -0.3 is 5.32 Å². The Labute approximate surface area is 118 Å². The molecular formula is C11H11BrN2O2S2. The van der Waals surface area contributed by atoms with E-state index in [1.54, 1.807) is 23.5 Å². The Bertz CT molecular complexity index is 653. The van der Waals surface area contributed by atoms with Gasteiger partial charge in [-0.1, -0.05) is 6.07 Å². The maximum absolute atomic E-state index is 11.2. The van der Waals surface area contributed by atoms with Crippen molar-refractivity contribution in [2.75, 3.05) is 5.32 Å². The van der Waals surface area contributed by atoms with Crippen molar-refractivity contribution < 1.29 is 8.42 Å². The van der Waals surface area contributed by atoms with Crippen LogP contribution >= 0.6 is 27.3 Å². The third kappa shape index (κ3) is 3.32. The lowest BCUT2D eigenvalue weighted by Gasteiger charge is -2.07. The van der Waals surface area contributed by atoms with Crippen LogP contribution in [0.5, 0.6) is 0 Å². The van der Waals surface area contributed by atoms with Crippen LogP contribution in [0.4, 0.5) is 5.69 Å². The number of nitrogens with one attached hydrogen (secondary N) is 1. The smallest absolute Gasteiger partial charge is 0.238 e. The van der Waals surface area contributed by atoms with Gasteiger partial charge >= 0.3 is 0 Å². The molecule has 2 rings (SSSR count). The first-order valence-electron chi connectivity index (χ1n) is 5.04. The minimum atomic E-state index is -3.65. The van der Waals surface area contributed by atoms with E-state index in [1.807, 2.05) is 10.8 Å². The summed E-state index contributed by atoms with van der Waals surface area (Å²) >= 11 is 5.05. The number of hydrogen-bond acceptors (Lipinski definition) is 4. The molecule has 4 nitrogen and oxygen atoms in total. The van der Waals surface area contributed by atoms with E-state index < -0.39 is 10.0 Å². The summed E-state index contributed by atoms with van der Waals surface area (Å²) in [5, 5.41) is 12.3. The molecule has 3 N–H and O–H groups in total. The van der Waals surface area contributed by atoms with Gasteiger partial charge in [0.25, 0.3) is 0 Å². The molecule has 1 aromatic heterocycles. The average Bonchev–Trinajstić information content (AvgIpc) is 2.72. The van der Waals surface area contributed by atoms with Crippen molar-refractivity contribution in [1.82, 2.24) is 0 Å². The number of primary sulfonamides is 1. The number of sulfonamides is 1. The molecule has 0 spiro atoms. The molecule has 1 heterocycles. The predicted octanol–water partition coefficient (Wildman–Crippen LogP) is 2.77. The van der Waals surface area contributed by atoms with Crippen LogP contribution < -0.4 is 10.5 Å². The van der Waals surface area contributed by atoms with Crippen molar-refractivity contribution in [1.29, 1.82) is 0 Å². The van der Waals surface area contributed by atoms with Crippen LogP contribution in [0, 0.1) is 0 Å². The summed E-state index contributed by atoms with van der Waals surface area (Å²) in [4.78, 5) is 0.108. The molecule has 7 heteroatoms. The molecular weight excluding hydrogens is 336 g/mol. The highest BCUT2D eigenvalue weighted by Crippen LogP contribution is 2.22. The number of anilines is 1. The van der Waals surface area contributed by atoms with Crippen LogP contribution in [0.1, 0.15) is 5.56 Å². The Morgan fingerprint density at radius 2 is 2.11 bits per heavy atom. The molecule has 0 saturated carbocycles. The van der Waals surface area contributed by atoms with Crippen molar-refractivity contribution in [2.24, 2.45) is 5.14 Å². The lowest BCUT2D eigenvalue weighted by Crippen LogP contribution is -2.12. The number of halogens is 1. The van der Waals surface area contributed by atoms with Gasteiger partial charge in [0, 0.05) is 22.1 Å². The van der Waals surface area contributed by atoms with Crippen LogP contribution in [0.15, 0.2) is 44.4 Å². The van der Waals surface area contributed by atoms with Gasteiger partial charge in [0.15, 0.2) is 0 Å². The highest BCUT2D eigenvalue weighted by atomic mass is 79.9. The van der Waals surface area contributed by atoms with E-state index in [0.717, 1.165) is 15.7 Å². The second kappa shape index (κ2) is 5.40. The Balaban J connectivity index is 2.13. The van der Waals surface area contributed by atoms with Gasteiger partial charge in [0.05, 0.1) is 4.90 Å². The van der Waals surface area contributed by atoms with Crippen molar-refractivity contribution in [3.05, 3.63) is 45.1 Å². The van der Waals surface area contributed by atoms with Crippen LogP contribution in [0.25, 0.3) is 0 Å². The molecule has 96 valence electrons. The summed E-state index contributed by atoms with van der Waals surface area (Å²) in [5.41, 5.74) is 1.85. The van der Waals surface area contributed by atoms with Crippen molar-refractivity contribution in [3.8, 4) is 0 Å². The first kappa shape index (κ1) is 13.5. The van der Waals surface area contributed by atoms with Crippen molar-refractivity contribution in [3.63, 3.8) is 0 Å². The first-order valence-corrected chi connectivity index (χ1v) is 8.32. The highest BCUT2D eigenvalue weighted by molar-refractivity contribution is 9.10. The lowest BCUT2D eigenvalue weighted by molar-refractivity contribution is 0.598. The zero-order chi connectivity index (χ0) is 13.2. The Kier molecular flexibility index (Phi) is 4.06. The van der Waals surface area contributed by atoms with Crippen LogP contribution in [-0.4, -0.2) is 8.42 Å².